The second-order valence-corrected chi connectivity index (χ2v) is 5.87. The monoisotopic (exact) mass is 258 g/mol. The topological polar surface area (TPSA) is 49.3 Å². The first-order chi connectivity index (χ1) is 9.33. The summed E-state index contributed by atoms with van der Waals surface area (Å²) in [5, 5.41) is 0. The van der Waals surface area contributed by atoms with Gasteiger partial charge in [0.15, 0.2) is 0 Å². The number of hydrogen-bond donors (Lipinski definition) is 0. The number of anilines is 1. The van der Waals surface area contributed by atoms with Crippen molar-refractivity contribution in [2.75, 3.05) is 18.0 Å². The summed E-state index contributed by atoms with van der Waals surface area (Å²) in [7, 11) is 0. The van der Waals surface area contributed by atoms with Crippen molar-refractivity contribution in [3.63, 3.8) is 0 Å². The van der Waals surface area contributed by atoms with Gasteiger partial charge in [0.25, 0.3) is 0 Å². The predicted octanol–water partition coefficient (Wildman–Crippen LogP) is 1.07. The first-order valence-electron chi connectivity index (χ1n) is 7.15. The Morgan fingerprint density at radius 1 is 1.21 bits per heavy atom. The van der Waals surface area contributed by atoms with Crippen molar-refractivity contribution in [3.8, 4) is 0 Å². The average Bonchev–Trinajstić information content (AvgIpc) is 3.09. The fraction of sp³-hybridized carbons (Fsp3) is 0.643. The van der Waals surface area contributed by atoms with Crippen LogP contribution in [0.5, 0.6) is 0 Å². The van der Waals surface area contributed by atoms with E-state index in [4.69, 9.17) is 0 Å². The van der Waals surface area contributed by atoms with E-state index >= 15 is 0 Å². The van der Waals surface area contributed by atoms with Crippen LogP contribution in [0.3, 0.4) is 0 Å². The molecule has 0 bridgehead atoms. The van der Waals surface area contributed by atoms with E-state index in [2.05, 4.69) is 19.8 Å². The van der Waals surface area contributed by atoms with Crippen molar-refractivity contribution in [1.82, 2.24) is 14.9 Å². The summed E-state index contributed by atoms with van der Waals surface area (Å²) < 4.78 is 0. The number of hydrogen-bond acceptors (Lipinski definition) is 4. The third kappa shape index (κ3) is 1.88. The summed E-state index contributed by atoms with van der Waals surface area (Å²) in [5.41, 5.74) is 0. The number of nitrogens with zero attached hydrogens (tertiary/aromatic N) is 4. The zero-order valence-corrected chi connectivity index (χ0v) is 10.9. The lowest BCUT2D eigenvalue weighted by Gasteiger charge is -2.25. The Bertz CT molecular complexity index is 487. The Morgan fingerprint density at radius 3 is 2.84 bits per heavy atom. The molecule has 0 unspecified atom stereocenters. The summed E-state index contributed by atoms with van der Waals surface area (Å²) in [4.78, 5) is 25.1. The first kappa shape index (κ1) is 11.2. The lowest BCUT2D eigenvalue weighted by molar-refractivity contribution is -0.129. The van der Waals surface area contributed by atoms with Gasteiger partial charge in [0.2, 0.25) is 5.91 Å². The largest absolute Gasteiger partial charge is 0.350 e. The molecule has 0 aromatic carbocycles. The van der Waals surface area contributed by atoms with E-state index in [9.17, 15) is 4.79 Å². The molecule has 0 N–H and O–H groups in total. The lowest BCUT2D eigenvalue weighted by Crippen LogP contribution is -2.38. The smallest absolute Gasteiger partial charge is 0.225 e. The molecule has 100 valence electrons. The van der Waals surface area contributed by atoms with E-state index in [0.717, 1.165) is 31.2 Å². The second kappa shape index (κ2) is 4.18. The number of likely N-dealkylation sites (tertiary alicyclic amines) is 1. The minimum atomic E-state index is 0.308. The highest BCUT2D eigenvalue weighted by Crippen LogP contribution is 2.38. The maximum absolute atomic E-state index is 12.2. The molecule has 4 rings (SSSR count). The SMILES string of the molecule is O=C1C[C@@H]2[C@@H](CCN2c2cnccn2)N1CC1CC1. The third-order valence-electron chi connectivity index (χ3n) is 4.61. The normalized spacial score (nSPS) is 30.0. The van der Waals surface area contributed by atoms with E-state index in [-0.39, 0.29) is 0 Å². The molecule has 3 aliphatic rings. The molecule has 5 nitrogen and oxygen atoms in total. The Kier molecular flexibility index (Phi) is 2.47. The van der Waals surface area contributed by atoms with Crippen LogP contribution in [0.1, 0.15) is 25.7 Å². The molecule has 0 radical (unpaired) electrons. The van der Waals surface area contributed by atoms with Crippen molar-refractivity contribution >= 4 is 11.7 Å². The molecule has 2 saturated heterocycles. The number of carbonyl (C=O) groups excluding carboxylic acids is 1. The van der Waals surface area contributed by atoms with Gasteiger partial charge < -0.3 is 9.80 Å². The quantitative estimate of drug-likeness (QED) is 0.813. The average molecular weight is 258 g/mol. The molecule has 1 saturated carbocycles. The summed E-state index contributed by atoms with van der Waals surface area (Å²) in [6.07, 6.45) is 9.53. The number of carbonyl (C=O) groups is 1. The Balaban J connectivity index is 1.55. The highest BCUT2D eigenvalue weighted by Gasteiger charge is 2.48. The molecule has 3 fully saturated rings. The van der Waals surface area contributed by atoms with Gasteiger partial charge in [-0.3, -0.25) is 9.78 Å². The van der Waals surface area contributed by atoms with Crippen LogP contribution in [0.2, 0.25) is 0 Å². The van der Waals surface area contributed by atoms with Gasteiger partial charge in [-0.2, -0.15) is 0 Å². The molecule has 1 aromatic heterocycles. The van der Waals surface area contributed by atoms with Crippen molar-refractivity contribution < 1.29 is 4.79 Å². The van der Waals surface area contributed by atoms with Crippen LogP contribution in [0.25, 0.3) is 0 Å². The number of amides is 1. The van der Waals surface area contributed by atoms with Gasteiger partial charge in [0.05, 0.1) is 18.3 Å². The maximum atomic E-state index is 12.2. The molecule has 1 aliphatic carbocycles. The number of rotatable bonds is 3. The van der Waals surface area contributed by atoms with Crippen LogP contribution in [-0.4, -0.2) is 45.9 Å². The molecule has 1 aromatic rings. The molecule has 2 atom stereocenters. The zero-order valence-electron chi connectivity index (χ0n) is 10.9. The fourth-order valence-corrected chi connectivity index (χ4v) is 3.47. The summed E-state index contributed by atoms with van der Waals surface area (Å²) in [6.45, 7) is 1.97. The van der Waals surface area contributed by atoms with Gasteiger partial charge in [-0.15, -0.1) is 0 Å². The summed E-state index contributed by atoms with van der Waals surface area (Å²) in [5.74, 6) is 2.01. The molecule has 3 heterocycles. The van der Waals surface area contributed by atoms with Crippen LogP contribution >= 0.6 is 0 Å². The van der Waals surface area contributed by atoms with Crippen molar-refractivity contribution in [2.24, 2.45) is 5.92 Å². The molecular formula is C14H18N4O. The van der Waals surface area contributed by atoms with Crippen LogP contribution in [0.15, 0.2) is 18.6 Å². The van der Waals surface area contributed by atoms with E-state index in [0.29, 0.717) is 24.4 Å². The van der Waals surface area contributed by atoms with Crippen LogP contribution in [0, 0.1) is 5.92 Å². The maximum Gasteiger partial charge on any atom is 0.225 e. The van der Waals surface area contributed by atoms with E-state index in [1.165, 1.54) is 12.8 Å². The molecule has 5 heteroatoms. The van der Waals surface area contributed by atoms with Crippen molar-refractivity contribution in [1.29, 1.82) is 0 Å². The van der Waals surface area contributed by atoms with Gasteiger partial charge >= 0.3 is 0 Å². The third-order valence-corrected chi connectivity index (χ3v) is 4.61. The first-order valence-corrected chi connectivity index (χ1v) is 7.15. The lowest BCUT2D eigenvalue weighted by atomic mass is 10.1. The summed E-state index contributed by atoms with van der Waals surface area (Å²) in [6, 6.07) is 0.707. The zero-order chi connectivity index (χ0) is 12.8. The van der Waals surface area contributed by atoms with Crippen molar-refractivity contribution in [3.05, 3.63) is 18.6 Å². The van der Waals surface area contributed by atoms with E-state index < -0.39 is 0 Å². The van der Waals surface area contributed by atoms with Crippen LogP contribution in [0.4, 0.5) is 5.82 Å². The van der Waals surface area contributed by atoms with Gasteiger partial charge in [-0.25, -0.2) is 4.98 Å². The number of fused-ring (bicyclic) bond motifs is 1. The van der Waals surface area contributed by atoms with Gasteiger partial charge in [0.1, 0.15) is 5.82 Å². The molecule has 19 heavy (non-hydrogen) atoms. The van der Waals surface area contributed by atoms with Gasteiger partial charge in [-0.05, 0) is 25.2 Å². The summed E-state index contributed by atoms with van der Waals surface area (Å²) >= 11 is 0. The van der Waals surface area contributed by atoms with Crippen LogP contribution < -0.4 is 4.90 Å². The standard InChI is InChI=1S/C14H18N4O/c19-14-7-12-11(18(14)9-10-1-2-10)3-6-17(12)13-8-15-4-5-16-13/h4-5,8,10-12H,1-3,6-7,9H2/t11-,12-/m1/s1. The molecule has 1 amide bonds. The van der Waals surface area contributed by atoms with E-state index in [1.54, 1.807) is 18.6 Å². The highest BCUT2D eigenvalue weighted by atomic mass is 16.2. The minimum Gasteiger partial charge on any atom is -0.350 e. The van der Waals surface area contributed by atoms with Gasteiger partial charge in [0, 0.05) is 31.9 Å². The van der Waals surface area contributed by atoms with Crippen LogP contribution in [-0.2, 0) is 4.79 Å². The Labute approximate surface area is 112 Å². The van der Waals surface area contributed by atoms with Crippen molar-refractivity contribution in [2.45, 2.75) is 37.8 Å². The minimum absolute atomic E-state index is 0.308. The predicted molar refractivity (Wildman–Crippen MR) is 70.6 cm³/mol. The Morgan fingerprint density at radius 2 is 2.11 bits per heavy atom. The Hall–Kier alpha value is -1.65. The van der Waals surface area contributed by atoms with E-state index in [1.807, 2.05) is 0 Å². The fourth-order valence-electron chi connectivity index (χ4n) is 3.47. The second-order valence-electron chi connectivity index (χ2n) is 5.87. The molecule has 2 aliphatic heterocycles. The molecular weight excluding hydrogens is 240 g/mol. The molecule has 0 spiro atoms. The highest BCUT2D eigenvalue weighted by molar-refractivity contribution is 5.81. The van der Waals surface area contributed by atoms with Gasteiger partial charge in [-0.1, -0.05) is 0 Å². The number of aromatic nitrogens is 2.